The molecule has 0 radical (unpaired) electrons. The third-order valence-electron chi connectivity index (χ3n) is 5.06. The Hall–Kier alpha value is -2.64. The minimum absolute atomic E-state index is 0.152. The van der Waals surface area contributed by atoms with Gasteiger partial charge in [0.05, 0.1) is 18.9 Å². The highest BCUT2D eigenvalue weighted by Gasteiger charge is 2.42. The number of amides is 1. The SMILES string of the molecule is CCN1c2ccccc2C(c2ccccc2)=C(C(=O)N2CCOCC2)S1(=O)=O. The standard InChI is InChI=1S/C21H22N2O4S/c1-2-23-18-11-7-6-10-17(18)19(16-8-4-3-5-9-16)20(28(23,25)26)21(24)22-12-14-27-15-13-22/h3-11H,2,12-15H2,1H3. The van der Waals surface area contributed by atoms with Gasteiger partial charge in [-0.15, -0.1) is 0 Å². The zero-order valence-corrected chi connectivity index (χ0v) is 16.5. The lowest BCUT2D eigenvalue weighted by atomic mass is 9.95. The van der Waals surface area contributed by atoms with E-state index >= 15 is 0 Å². The fourth-order valence-electron chi connectivity index (χ4n) is 3.75. The van der Waals surface area contributed by atoms with Crippen LogP contribution in [0.3, 0.4) is 0 Å². The van der Waals surface area contributed by atoms with Crippen molar-refractivity contribution in [3.63, 3.8) is 0 Å². The summed E-state index contributed by atoms with van der Waals surface area (Å²) < 4.78 is 33.8. The van der Waals surface area contributed by atoms with E-state index < -0.39 is 15.9 Å². The minimum Gasteiger partial charge on any atom is -0.378 e. The van der Waals surface area contributed by atoms with Crippen LogP contribution in [0, 0.1) is 0 Å². The number of benzene rings is 2. The molecule has 0 aromatic heterocycles. The topological polar surface area (TPSA) is 66.9 Å². The van der Waals surface area contributed by atoms with Gasteiger partial charge in [-0.2, -0.15) is 0 Å². The number of sulfonamides is 1. The van der Waals surface area contributed by atoms with Crippen molar-refractivity contribution in [1.82, 2.24) is 4.90 Å². The van der Waals surface area contributed by atoms with Gasteiger partial charge in [-0.25, -0.2) is 8.42 Å². The van der Waals surface area contributed by atoms with Gasteiger partial charge in [-0.1, -0.05) is 48.5 Å². The van der Waals surface area contributed by atoms with Crippen molar-refractivity contribution >= 4 is 27.2 Å². The number of carbonyl (C=O) groups is 1. The lowest BCUT2D eigenvalue weighted by Crippen LogP contribution is -2.46. The number of para-hydroxylation sites is 1. The number of hydrogen-bond donors (Lipinski definition) is 0. The summed E-state index contributed by atoms with van der Waals surface area (Å²) in [5.74, 6) is -0.463. The maximum atomic E-state index is 13.6. The fraction of sp³-hybridized carbons (Fsp3) is 0.286. The van der Waals surface area contributed by atoms with E-state index in [9.17, 15) is 13.2 Å². The number of rotatable bonds is 3. The molecule has 1 saturated heterocycles. The molecule has 0 atom stereocenters. The smallest absolute Gasteiger partial charge is 0.270 e. The van der Waals surface area contributed by atoms with E-state index in [0.717, 1.165) is 5.56 Å². The van der Waals surface area contributed by atoms with Gasteiger partial charge in [0.1, 0.15) is 0 Å². The van der Waals surface area contributed by atoms with Crippen LogP contribution in [-0.4, -0.2) is 52.1 Å². The first-order valence-corrected chi connectivity index (χ1v) is 10.8. The third-order valence-corrected chi connectivity index (χ3v) is 6.99. The van der Waals surface area contributed by atoms with E-state index in [1.807, 2.05) is 48.5 Å². The largest absolute Gasteiger partial charge is 0.378 e. The van der Waals surface area contributed by atoms with Crippen LogP contribution >= 0.6 is 0 Å². The minimum atomic E-state index is -3.99. The zero-order chi connectivity index (χ0) is 19.7. The van der Waals surface area contributed by atoms with Crippen molar-refractivity contribution in [3.8, 4) is 0 Å². The van der Waals surface area contributed by atoms with Crippen molar-refractivity contribution < 1.29 is 17.9 Å². The predicted molar refractivity (Wildman–Crippen MR) is 108 cm³/mol. The highest BCUT2D eigenvalue weighted by molar-refractivity contribution is 7.97. The van der Waals surface area contributed by atoms with Gasteiger partial charge in [-0.3, -0.25) is 9.10 Å². The summed E-state index contributed by atoms with van der Waals surface area (Å²) in [7, 11) is -3.99. The van der Waals surface area contributed by atoms with E-state index in [1.165, 1.54) is 4.31 Å². The van der Waals surface area contributed by atoms with E-state index in [4.69, 9.17) is 4.74 Å². The highest BCUT2D eigenvalue weighted by atomic mass is 32.2. The Labute approximate surface area is 165 Å². The first kappa shape index (κ1) is 18.7. The molecule has 0 spiro atoms. The second-order valence-corrected chi connectivity index (χ2v) is 8.46. The van der Waals surface area contributed by atoms with Gasteiger partial charge < -0.3 is 9.64 Å². The van der Waals surface area contributed by atoms with Crippen LogP contribution in [0.1, 0.15) is 18.1 Å². The molecule has 2 aliphatic rings. The fourth-order valence-corrected chi connectivity index (χ4v) is 5.57. The Morgan fingerprint density at radius 2 is 1.64 bits per heavy atom. The summed E-state index contributed by atoms with van der Waals surface area (Å²) in [6.07, 6.45) is 0. The van der Waals surface area contributed by atoms with Crippen molar-refractivity contribution in [2.45, 2.75) is 6.92 Å². The third kappa shape index (κ3) is 3.00. The summed E-state index contributed by atoms with van der Waals surface area (Å²) >= 11 is 0. The second-order valence-electron chi connectivity index (χ2n) is 6.66. The number of fused-ring (bicyclic) bond motifs is 1. The summed E-state index contributed by atoms with van der Waals surface area (Å²) in [5, 5.41) is 0. The molecule has 1 fully saturated rings. The van der Waals surface area contributed by atoms with Crippen molar-refractivity contribution in [3.05, 3.63) is 70.6 Å². The molecule has 0 unspecified atom stereocenters. The Morgan fingerprint density at radius 3 is 2.32 bits per heavy atom. The van der Waals surface area contributed by atoms with Gasteiger partial charge >= 0.3 is 0 Å². The van der Waals surface area contributed by atoms with Crippen molar-refractivity contribution in [2.24, 2.45) is 0 Å². The molecule has 0 bridgehead atoms. The molecule has 7 heteroatoms. The Morgan fingerprint density at radius 1 is 1.00 bits per heavy atom. The maximum absolute atomic E-state index is 13.6. The van der Waals surface area contributed by atoms with Crippen LogP contribution in [0.5, 0.6) is 0 Å². The summed E-state index contributed by atoms with van der Waals surface area (Å²) in [6, 6.07) is 16.6. The quantitative estimate of drug-likeness (QED) is 0.797. The molecule has 1 amide bonds. The average molecular weight is 398 g/mol. The van der Waals surface area contributed by atoms with Crippen LogP contribution in [0.15, 0.2) is 59.5 Å². The average Bonchev–Trinajstić information content (AvgIpc) is 2.73. The Balaban J connectivity index is 2.02. The molecule has 4 rings (SSSR count). The molecular formula is C21H22N2O4S. The van der Waals surface area contributed by atoms with Crippen LogP contribution in [0.4, 0.5) is 5.69 Å². The number of carbonyl (C=O) groups excluding carboxylic acids is 1. The molecule has 6 nitrogen and oxygen atoms in total. The first-order valence-electron chi connectivity index (χ1n) is 9.34. The molecule has 0 N–H and O–H groups in total. The van der Waals surface area contributed by atoms with Gasteiger partial charge in [0.25, 0.3) is 15.9 Å². The number of morpholine rings is 1. The first-order chi connectivity index (χ1) is 13.6. The lowest BCUT2D eigenvalue weighted by Gasteiger charge is -2.35. The molecule has 2 aromatic carbocycles. The van der Waals surface area contributed by atoms with Crippen molar-refractivity contribution in [1.29, 1.82) is 0 Å². The molecule has 0 aliphatic carbocycles. The maximum Gasteiger partial charge on any atom is 0.270 e. The highest BCUT2D eigenvalue weighted by Crippen LogP contribution is 2.43. The van der Waals surface area contributed by atoms with Gasteiger partial charge in [0.2, 0.25) is 0 Å². The van der Waals surface area contributed by atoms with Crippen LogP contribution < -0.4 is 4.31 Å². The predicted octanol–water partition coefficient (Wildman–Crippen LogP) is 2.47. The zero-order valence-electron chi connectivity index (χ0n) is 15.7. The van der Waals surface area contributed by atoms with E-state index in [0.29, 0.717) is 43.1 Å². The van der Waals surface area contributed by atoms with Crippen LogP contribution in [0.2, 0.25) is 0 Å². The van der Waals surface area contributed by atoms with E-state index in [1.54, 1.807) is 17.9 Å². The monoisotopic (exact) mass is 398 g/mol. The number of ether oxygens (including phenoxy) is 1. The molecule has 2 aliphatic heterocycles. The lowest BCUT2D eigenvalue weighted by molar-refractivity contribution is -0.130. The molecule has 28 heavy (non-hydrogen) atoms. The molecular weight excluding hydrogens is 376 g/mol. The Kier molecular flexibility index (Phi) is 4.95. The number of hydrogen-bond acceptors (Lipinski definition) is 4. The molecule has 146 valence electrons. The summed E-state index contributed by atoms with van der Waals surface area (Å²) in [4.78, 5) is 14.8. The summed E-state index contributed by atoms with van der Waals surface area (Å²) in [6.45, 7) is 3.61. The van der Waals surface area contributed by atoms with Gasteiger partial charge in [0, 0.05) is 30.8 Å². The number of nitrogens with zero attached hydrogens (tertiary/aromatic N) is 2. The normalized spacial score (nSPS) is 18.8. The second kappa shape index (κ2) is 7.41. The Bertz CT molecular complexity index is 1030. The van der Waals surface area contributed by atoms with Crippen molar-refractivity contribution in [2.75, 3.05) is 37.2 Å². The number of anilines is 1. The molecule has 0 saturated carbocycles. The van der Waals surface area contributed by atoms with Gasteiger partial charge in [0.15, 0.2) is 4.91 Å². The van der Waals surface area contributed by atoms with Gasteiger partial charge in [-0.05, 0) is 18.6 Å². The summed E-state index contributed by atoms with van der Waals surface area (Å²) in [5.41, 5.74) is 2.53. The van der Waals surface area contributed by atoms with Crippen LogP contribution in [-0.2, 0) is 19.6 Å². The molecule has 2 aromatic rings. The van der Waals surface area contributed by atoms with E-state index in [-0.39, 0.29) is 11.4 Å². The molecule has 2 heterocycles. The van der Waals surface area contributed by atoms with E-state index in [2.05, 4.69) is 0 Å². The van der Waals surface area contributed by atoms with Crippen LogP contribution in [0.25, 0.3) is 5.57 Å².